The molecule has 0 aliphatic carbocycles. The fraction of sp³-hybridized carbons (Fsp3) is 0.643. The summed E-state index contributed by atoms with van der Waals surface area (Å²) in [6.07, 6.45) is 3.65. The number of carboxylic acid groups (broad SMARTS) is 1. The van der Waals surface area contributed by atoms with Gasteiger partial charge in [0.1, 0.15) is 5.01 Å². The number of aromatic nitrogens is 1. The Balaban J connectivity index is 2.56. The zero-order valence-electron chi connectivity index (χ0n) is 12.2. The number of aliphatic carboxylic acids is 1. The summed E-state index contributed by atoms with van der Waals surface area (Å²) in [4.78, 5) is 28.7. The van der Waals surface area contributed by atoms with Crippen molar-refractivity contribution in [3.8, 4) is 0 Å². The van der Waals surface area contributed by atoms with Crippen molar-refractivity contribution in [3.63, 3.8) is 0 Å². The average molecular weight is 298 g/mol. The number of aryl methyl sites for hydroxylation is 1. The Labute approximate surface area is 123 Å². The molecule has 0 aliphatic heterocycles. The summed E-state index contributed by atoms with van der Waals surface area (Å²) in [5.41, 5.74) is -0.957. The van der Waals surface area contributed by atoms with E-state index in [0.717, 1.165) is 11.4 Å². The molecule has 0 atom stereocenters. The molecule has 2 N–H and O–H groups in total. The number of nitrogens with zero attached hydrogens (tertiary/aromatic N) is 1. The van der Waals surface area contributed by atoms with E-state index in [9.17, 15) is 14.7 Å². The molecular weight excluding hydrogens is 276 g/mol. The fourth-order valence-corrected chi connectivity index (χ4v) is 2.82. The van der Waals surface area contributed by atoms with Crippen molar-refractivity contribution in [2.24, 2.45) is 5.41 Å². The Morgan fingerprint density at radius 2 is 2.00 bits per heavy atom. The van der Waals surface area contributed by atoms with E-state index in [-0.39, 0.29) is 12.3 Å². The Morgan fingerprint density at radius 3 is 2.45 bits per heavy atom. The van der Waals surface area contributed by atoms with Crippen LogP contribution in [0.15, 0.2) is 6.20 Å². The first kappa shape index (κ1) is 16.6. The van der Waals surface area contributed by atoms with E-state index in [0.29, 0.717) is 19.4 Å². The summed E-state index contributed by atoms with van der Waals surface area (Å²) in [7, 11) is 0. The van der Waals surface area contributed by atoms with Gasteiger partial charge in [-0.2, -0.15) is 0 Å². The molecule has 0 unspecified atom stereocenters. The molecule has 6 heteroatoms. The minimum absolute atomic E-state index is 0.0152. The number of hydrogen-bond acceptors (Lipinski definition) is 4. The second-order valence-corrected chi connectivity index (χ2v) is 6.02. The first-order valence-electron chi connectivity index (χ1n) is 6.91. The van der Waals surface area contributed by atoms with Crippen molar-refractivity contribution < 1.29 is 14.7 Å². The highest BCUT2D eigenvalue weighted by Gasteiger charge is 2.37. The maximum Gasteiger partial charge on any atom is 0.310 e. The van der Waals surface area contributed by atoms with E-state index < -0.39 is 11.4 Å². The van der Waals surface area contributed by atoms with Crippen molar-refractivity contribution >= 4 is 23.2 Å². The van der Waals surface area contributed by atoms with Gasteiger partial charge < -0.3 is 10.4 Å². The molecule has 1 amide bonds. The molecule has 0 radical (unpaired) electrons. The Morgan fingerprint density at radius 1 is 1.35 bits per heavy atom. The molecule has 20 heavy (non-hydrogen) atoms. The van der Waals surface area contributed by atoms with E-state index >= 15 is 0 Å². The van der Waals surface area contributed by atoms with E-state index in [1.807, 2.05) is 6.20 Å². The maximum atomic E-state index is 11.9. The van der Waals surface area contributed by atoms with E-state index in [1.165, 1.54) is 4.88 Å². The number of carboxylic acids is 1. The molecule has 0 aromatic carbocycles. The zero-order valence-corrected chi connectivity index (χ0v) is 13.0. The topological polar surface area (TPSA) is 79.3 Å². The lowest BCUT2D eigenvalue weighted by molar-refractivity contribution is -0.152. The third-order valence-electron chi connectivity index (χ3n) is 3.69. The van der Waals surface area contributed by atoms with Crippen LogP contribution in [-0.2, 0) is 22.6 Å². The molecule has 0 fully saturated rings. The Kier molecular flexibility index (Phi) is 6.13. The van der Waals surface area contributed by atoms with Gasteiger partial charge in [0.15, 0.2) is 0 Å². The lowest BCUT2D eigenvalue weighted by atomic mass is 9.79. The second-order valence-electron chi connectivity index (χ2n) is 4.82. The van der Waals surface area contributed by atoms with Gasteiger partial charge in [-0.05, 0) is 19.3 Å². The maximum absolute atomic E-state index is 11.9. The Hall–Kier alpha value is -1.43. The van der Waals surface area contributed by atoms with Crippen LogP contribution in [0, 0.1) is 5.41 Å². The number of carbonyl (C=O) groups is 2. The number of nitrogens with one attached hydrogen (secondary N) is 1. The quantitative estimate of drug-likeness (QED) is 0.773. The molecule has 0 saturated heterocycles. The van der Waals surface area contributed by atoms with Crippen LogP contribution in [0.25, 0.3) is 0 Å². The minimum atomic E-state index is -0.957. The molecule has 1 rings (SSSR count). The molecule has 112 valence electrons. The van der Waals surface area contributed by atoms with Crippen LogP contribution in [0.5, 0.6) is 0 Å². The molecule has 0 bridgehead atoms. The summed E-state index contributed by atoms with van der Waals surface area (Å²) >= 11 is 1.57. The van der Waals surface area contributed by atoms with Crippen molar-refractivity contribution in [3.05, 3.63) is 16.1 Å². The van der Waals surface area contributed by atoms with Crippen LogP contribution in [0.4, 0.5) is 0 Å². The van der Waals surface area contributed by atoms with Gasteiger partial charge in [-0.25, -0.2) is 4.98 Å². The number of hydrogen-bond donors (Lipinski definition) is 2. The summed E-state index contributed by atoms with van der Waals surface area (Å²) in [5, 5.41) is 12.9. The lowest BCUT2D eigenvalue weighted by Crippen LogP contribution is -2.36. The molecule has 0 saturated carbocycles. The van der Waals surface area contributed by atoms with Crippen LogP contribution >= 0.6 is 11.3 Å². The second kappa shape index (κ2) is 7.38. The lowest BCUT2D eigenvalue weighted by Gasteiger charge is -2.25. The smallest absolute Gasteiger partial charge is 0.310 e. The first-order valence-corrected chi connectivity index (χ1v) is 7.72. The summed E-state index contributed by atoms with van der Waals surface area (Å²) in [6, 6.07) is 0. The standard InChI is InChI=1S/C14H22N2O3S/c1-4-10-8-16-12(20-10)9-15-11(17)7-14(5-2,6-3)13(18)19/h8H,4-7,9H2,1-3H3,(H,15,17)(H,18,19). The monoisotopic (exact) mass is 298 g/mol. The highest BCUT2D eigenvalue weighted by molar-refractivity contribution is 7.11. The van der Waals surface area contributed by atoms with Gasteiger partial charge in [0.25, 0.3) is 0 Å². The molecule has 0 aliphatic rings. The summed E-state index contributed by atoms with van der Waals surface area (Å²) < 4.78 is 0. The van der Waals surface area contributed by atoms with E-state index in [1.54, 1.807) is 25.2 Å². The highest BCUT2D eigenvalue weighted by Crippen LogP contribution is 2.30. The number of amides is 1. The van der Waals surface area contributed by atoms with Gasteiger partial charge in [0, 0.05) is 17.5 Å². The van der Waals surface area contributed by atoms with Crippen LogP contribution in [0.2, 0.25) is 0 Å². The number of rotatable bonds is 8. The Bertz CT molecular complexity index is 467. The van der Waals surface area contributed by atoms with Gasteiger partial charge >= 0.3 is 5.97 Å². The van der Waals surface area contributed by atoms with Gasteiger partial charge in [0.05, 0.1) is 12.0 Å². The van der Waals surface area contributed by atoms with E-state index in [4.69, 9.17) is 0 Å². The van der Waals surface area contributed by atoms with Crippen molar-refractivity contribution in [1.29, 1.82) is 0 Å². The summed E-state index contributed by atoms with van der Waals surface area (Å²) in [6.45, 7) is 6.03. The largest absolute Gasteiger partial charge is 0.481 e. The predicted molar refractivity (Wildman–Crippen MR) is 78.6 cm³/mol. The molecule has 1 heterocycles. The predicted octanol–water partition coefficient (Wildman–Crippen LogP) is 2.60. The highest BCUT2D eigenvalue weighted by atomic mass is 32.1. The van der Waals surface area contributed by atoms with Gasteiger partial charge in [-0.1, -0.05) is 20.8 Å². The molecule has 1 aromatic heterocycles. The van der Waals surface area contributed by atoms with Crippen LogP contribution in [-0.4, -0.2) is 22.0 Å². The summed E-state index contributed by atoms with van der Waals surface area (Å²) in [5.74, 6) is -1.13. The van der Waals surface area contributed by atoms with Crippen LogP contribution < -0.4 is 5.32 Å². The molecule has 1 aromatic rings. The molecule has 5 nitrogen and oxygen atoms in total. The van der Waals surface area contributed by atoms with Crippen molar-refractivity contribution in [2.45, 2.75) is 53.0 Å². The first-order chi connectivity index (χ1) is 9.47. The van der Waals surface area contributed by atoms with Gasteiger partial charge in [-0.3, -0.25) is 9.59 Å². The average Bonchev–Trinajstić information content (AvgIpc) is 2.90. The van der Waals surface area contributed by atoms with Crippen LogP contribution in [0.3, 0.4) is 0 Å². The number of carbonyl (C=O) groups excluding carboxylic acids is 1. The van der Waals surface area contributed by atoms with Crippen molar-refractivity contribution in [2.75, 3.05) is 0 Å². The molecule has 0 spiro atoms. The van der Waals surface area contributed by atoms with E-state index in [2.05, 4.69) is 17.2 Å². The third kappa shape index (κ3) is 4.03. The van der Waals surface area contributed by atoms with Crippen LogP contribution in [0.1, 0.15) is 49.9 Å². The normalized spacial score (nSPS) is 11.3. The fourth-order valence-electron chi connectivity index (χ4n) is 2.02. The third-order valence-corrected chi connectivity index (χ3v) is 4.83. The van der Waals surface area contributed by atoms with Crippen molar-refractivity contribution in [1.82, 2.24) is 10.3 Å². The van der Waals surface area contributed by atoms with Gasteiger partial charge in [0.2, 0.25) is 5.91 Å². The van der Waals surface area contributed by atoms with Gasteiger partial charge in [-0.15, -0.1) is 11.3 Å². The minimum Gasteiger partial charge on any atom is -0.481 e. The SMILES string of the molecule is CCc1cnc(CNC(=O)CC(CC)(CC)C(=O)O)s1. The zero-order chi connectivity index (χ0) is 15.2. The molecular formula is C14H22N2O3S. The number of thiazole rings is 1.